The summed E-state index contributed by atoms with van der Waals surface area (Å²) in [6.45, 7) is 4.15. The molecule has 5 nitrogen and oxygen atoms in total. The average molecular weight is 620 g/mol. The molecule has 0 aliphatic carbocycles. The van der Waals surface area contributed by atoms with E-state index >= 15 is 0 Å². The first-order valence-electron chi connectivity index (χ1n) is 18.8. The second-order valence-corrected chi connectivity index (χ2v) is 12.8. The van der Waals surface area contributed by atoms with Gasteiger partial charge in [0.1, 0.15) is 0 Å². The van der Waals surface area contributed by atoms with Crippen molar-refractivity contribution in [3.05, 3.63) is 36.5 Å². The molecule has 0 heterocycles. The zero-order chi connectivity index (χ0) is 32.4. The summed E-state index contributed by atoms with van der Waals surface area (Å²) >= 11 is 0. The van der Waals surface area contributed by atoms with E-state index in [-0.39, 0.29) is 18.9 Å². The van der Waals surface area contributed by atoms with E-state index in [4.69, 9.17) is 0 Å². The summed E-state index contributed by atoms with van der Waals surface area (Å²) in [5, 5.41) is 32.9. The van der Waals surface area contributed by atoms with Gasteiger partial charge < -0.3 is 20.6 Å². The lowest BCUT2D eigenvalue weighted by atomic mass is 10.0. The van der Waals surface area contributed by atoms with E-state index in [0.717, 1.165) is 44.9 Å². The number of aliphatic hydroxyl groups excluding tert-OH is 3. The molecule has 44 heavy (non-hydrogen) atoms. The highest BCUT2D eigenvalue weighted by Crippen LogP contribution is 2.13. The van der Waals surface area contributed by atoms with Gasteiger partial charge in [0, 0.05) is 0 Å². The quantitative estimate of drug-likeness (QED) is 0.0435. The van der Waals surface area contributed by atoms with Crippen LogP contribution in [0.25, 0.3) is 0 Å². The van der Waals surface area contributed by atoms with E-state index in [1.165, 1.54) is 109 Å². The molecule has 1 amide bonds. The zero-order valence-corrected chi connectivity index (χ0v) is 29.0. The fourth-order valence-electron chi connectivity index (χ4n) is 5.47. The molecule has 0 rings (SSSR count). The van der Waals surface area contributed by atoms with Gasteiger partial charge in [-0.3, -0.25) is 4.79 Å². The molecule has 258 valence electrons. The van der Waals surface area contributed by atoms with Crippen LogP contribution in [0.5, 0.6) is 0 Å². The van der Waals surface area contributed by atoms with Gasteiger partial charge in [0.05, 0.1) is 31.3 Å². The fraction of sp³-hybridized carbons (Fsp3) is 0.821. The van der Waals surface area contributed by atoms with Gasteiger partial charge in [-0.15, -0.1) is 0 Å². The molecule has 3 unspecified atom stereocenters. The van der Waals surface area contributed by atoms with Gasteiger partial charge in [-0.25, -0.2) is 0 Å². The van der Waals surface area contributed by atoms with Crippen molar-refractivity contribution in [3.63, 3.8) is 0 Å². The van der Waals surface area contributed by atoms with Gasteiger partial charge in [-0.1, -0.05) is 153 Å². The van der Waals surface area contributed by atoms with Crippen molar-refractivity contribution >= 4 is 5.91 Å². The number of allylic oxidation sites excluding steroid dienone is 5. The highest BCUT2D eigenvalue weighted by molar-refractivity contribution is 5.76. The minimum atomic E-state index is -0.950. The molecule has 0 aliphatic rings. The Morgan fingerprint density at radius 3 is 1.48 bits per heavy atom. The molecule has 0 saturated carbocycles. The van der Waals surface area contributed by atoms with Crippen LogP contribution in [-0.4, -0.2) is 46.1 Å². The van der Waals surface area contributed by atoms with Crippen LogP contribution in [0.2, 0.25) is 0 Å². The fourth-order valence-corrected chi connectivity index (χ4v) is 5.47. The highest BCUT2D eigenvalue weighted by Gasteiger charge is 2.20. The maximum atomic E-state index is 12.3. The lowest BCUT2D eigenvalue weighted by molar-refractivity contribution is -0.124. The lowest BCUT2D eigenvalue weighted by Gasteiger charge is -2.20. The molecule has 3 atom stereocenters. The molecular formula is C39H73NO4. The van der Waals surface area contributed by atoms with Crippen molar-refractivity contribution in [1.29, 1.82) is 0 Å². The van der Waals surface area contributed by atoms with Crippen LogP contribution in [0.1, 0.15) is 181 Å². The molecule has 0 fully saturated rings. The maximum absolute atomic E-state index is 12.3. The standard InChI is InChI=1S/C39H73NO4/c1-3-5-7-9-11-13-15-16-17-18-19-20-21-22-23-24-26-28-30-32-36(42)34-39(44)40-37(35-41)38(43)33-31-29-27-25-14-12-10-8-6-4-2/h14,20-21,25,31,33,36-38,41-43H,3-13,15-19,22-24,26-30,32,34-35H2,1-2H3,(H,40,44)/b21-20-,25-14+,33-31+. The van der Waals surface area contributed by atoms with Crippen molar-refractivity contribution in [3.8, 4) is 0 Å². The number of nitrogens with one attached hydrogen (secondary N) is 1. The van der Waals surface area contributed by atoms with Crippen LogP contribution in [0.15, 0.2) is 36.5 Å². The number of carbonyl (C=O) groups is 1. The second-order valence-electron chi connectivity index (χ2n) is 12.8. The first-order valence-corrected chi connectivity index (χ1v) is 18.8. The summed E-state index contributed by atoms with van der Waals surface area (Å²) in [6.07, 6.45) is 41.3. The van der Waals surface area contributed by atoms with Crippen LogP contribution in [0.4, 0.5) is 0 Å². The van der Waals surface area contributed by atoms with Gasteiger partial charge in [0.15, 0.2) is 0 Å². The normalized spacial score (nSPS) is 14.2. The van der Waals surface area contributed by atoms with E-state index in [1.807, 2.05) is 6.08 Å². The molecule has 0 spiro atoms. The smallest absolute Gasteiger partial charge is 0.222 e. The number of rotatable bonds is 33. The Bertz CT molecular complexity index is 690. The number of aliphatic hydroxyl groups is 3. The van der Waals surface area contributed by atoms with Crippen molar-refractivity contribution in [2.45, 2.75) is 199 Å². The molecule has 0 aromatic carbocycles. The Morgan fingerprint density at radius 2 is 0.977 bits per heavy atom. The third-order valence-corrected chi connectivity index (χ3v) is 8.40. The van der Waals surface area contributed by atoms with Gasteiger partial charge in [0.2, 0.25) is 5.91 Å². The Balaban J connectivity index is 3.72. The Kier molecular flexibility index (Phi) is 33.3. The largest absolute Gasteiger partial charge is 0.394 e. The molecule has 0 saturated heterocycles. The molecule has 0 aromatic rings. The van der Waals surface area contributed by atoms with Crippen LogP contribution in [0, 0.1) is 0 Å². The minimum Gasteiger partial charge on any atom is -0.394 e. The summed E-state index contributed by atoms with van der Waals surface area (Å²) in [5.74, 6) is -0.334. The van der Waals surface area contributed by atoms with Crippen LogP contribution < -0.4 is 5.32 Å². The summed E-state index contributed by atoms with van der Waals surface area (Å²) < 4.78 is 0. The molecule has 0 bridgehead atoms. The Hall–Kier alpha value is -1.43. The number of unbranched alkanes of at least 4 members (excludes halogenated alkanes) is 20. The molecule has 0 radical (unpaired) electrons. The van der Waals surface area contributed by atoms with Crippen molar-refractivity contribution in [1.82, 2.24) is 5.32 Å². The van der Waals surface area contributed by atoms with Crippen LogP contribution in [-0.2, 0) is 4.79 Å². The second kappa shape index (κ2) is 34.4. The Morgan fingerprint density at radius 1 is 0.568 bits per heavy atom. The van der Waals surface area contributed by atoms with Crippen LogP contribution in [0.3, 0.4) is 0 Å². The number of amides is 1. The van der Waals surface area contributed by atoms with Gasteiger partial charge in [-0.05, 0) is 57.8 Å². The zero-order valence-electron chi connectivity index (χ0n) is 29.0. The van der Waals surface area contributed by atoms with Gasteiger partial charge in [0.25, 0.3) is 0 Å². The summed E-state index contributed by atoms with van der Waals surface area (Å²) in [6, 6.07) is -0.760. The van der Waals surface area contributed by atoms with E-state index in [9.17, 15) is 20.1 Å². The van der Waals surface area contributed by atoms with Crippen molar-refractivity contribution < 1.29 is 20.1 Å². The maximum Gasteiger partial charge on any atom is 0.222 e. The minimum absolute atomic E-state index is 0.000172. The van der Waals surface area contributed by atoms with E-state index < -0.39 is 18.2 Å². The van der Waals surface area contributed by atoms with Crippen LogP contribution >= 0.6 is 0 Å². The predicted octanol–water partition coefficient (Wildman–Crippen LogP) is 10.0. The van der Waals surface area contributed by atoms with E-state index in [0.29, 0.717) is 6.42 Å². The summed E-state index contributed by atoms with van der Waals surface area (Å²) in [7, 11) is 0. The first-order chi connectivity index (χ1) is 21.5. The first kappa shape index (κ1) is 42.6. The monoisotopic (exact) mass is 620 g/mol. The number of carbonyl (C=O) groups excluding carboxylic acids is 1. The SMILES string of the molecule is CCCCCC/C=C/CC/C=C/C(O)C(CO)NC(=O)CC(O)CCCCCCC/C=C\CCCCCCCCCCCC. The lowest BCUT2D eigenvalue weighted by Crippen LogP contribution is -2.45. The number of hydrogen-bond acceptors (Lipinski definition) is 4. The Labute approximate surface area is 273 Å². The van der Waals surface area contributed by atoms with Crippen molar-refractivity contribution in [2.24, 2.45) is 0 Å². The average Bonchev–Trinajstić information content (AvgIpc) is 3.01. The van der Waals surface area contributed by atoms with E-state index in [1.54, 1.807) is 6.08 Å². The summed E-state index contributed by atoms with van der Waals surface area (Å²) in [4.78, 5) is 12.3. The number of hydrogen-bond donors (Lipinski definition) is 4. The molecule has 0 aliphatic heterocycles. The molecular weight excluding hydrogens is 546 g/mol. The van der Waals surface area contributed by atoms with E-state index in [2.05, 4.69) is 43.5 Å². The third kappa shape index (κ3) is 30.6. The molecule has 5 heteroatoms. The molecule has 4 N–H and O–H groups in total. The topological polar surface area (TPSA) is 89.8 Å². The third-order valence-electron chi connectivity index (χ3n) is 8.40. The predicted molar refractivity (Wildman–Crippen MR) is 190 cm³/mol. The van der Waals surface area contributed by atoms with Crippen molar-refractivity contribution in [2.75, 3.05) is 6.61 Å². The van der Waals surface area contributed by atoms with Gasteiger partial charge >= 0.3 is 0 Å². The van der Waals surface area contributed by atoms with Gasteiger partial charge in [-0.2, -0.15) is 0 Å². The molecule has 0 aromatic heterocycles. The highest BCUT2D eigenvalue weighted by atomic mass is 16.3. The summed E-state index contributed by atoms with van der Waals surface area (Å²) in [5.41, 5.74) is 0.